The van der Waals surface area contributed by atoms with Crippen LogP contribution in [0, 0.1) is 5.92 Å². The van der Waals surface area contributed by atoms with Gasteiger partial charge in [0.25, 0.3) is 5.91 Å². The second kappa shape index (κ2) is 14.1. The molecule has 1 N–H and O–H groups in total. The molecule has 0 aliphatic carbocycles. The lowest BCUT2D eigenvalue weighted by atomic mass is 9.90. The van der Waals surface area contributed by atoms with E-state index < -0.39 is 0 Å². The number of ketones is 1. The third-order valence-corrected chi connectivity index (χ3v) is 8.72. The van der Waals surface area contributed by atoms with Crippen molar-refractivity contribution in [3.8, 4) is 17.2 Å². The number of nitrogens with zero attached hydrogens (tertiary/aromatic N) is 3. The number of likely N-dealkylation sites (N-methyl/N-ethyl adjacent to an activating group) is 1. The van der Waals surface area contributed by atoms with Crippen LogP contribution in [-0.4, -0.2) is 86.0 Å². The highest BCUT2D eigenvalue weighted by Crippen LogP contribution is 2.38. The van der Waals surface area contributed by atoms with E-state index in [0.29, 0.717) is 40.2 Å². The van der Waals surface area contributed by atoms with Crippen LogP contribution in [0.1, 0.15) is 51.7 Å². The topological polar surface area (TPSA) is 97.0 Å². The van der Waals surface area contributed by atoms with Gasteiger partial charge in [-0.3, -0.25) is 9.59 Å². The van der Waals surface area contributed by atoms with Crippen LogP contribution in [0.25, 0.3) is 11.0 Å². The fourth-order valence-corrected chi connectivity index (χ4v) is 6.08. The van der Waals surface area contributed by atoms with Crippen LogP contribution in [0.2, 0.25) is 5.02 Å². The SMILES string of the molecule is COc1cc(C(=O)N(C)CC(CCN2CCC(C(=O)c3nc4ccccc4[nH]3)CC2)c2ccc(Cl)cc2)cc(OC)c1OC. The number of piperidine rings is 1. The first-order valence-electron chi connectivity index (χ1n) is 14.8. The van der Waals surface area contributed by atoms with Crippen molar-refractivity contribution >= 4 is 34.3 Å². The maximum Gasteiger partial charge on any atom is 0.253 e. The van der Waals surface area contributed by atoms with Crippen LogP contribution in [0.15, 0.2) is 60.7 Å². The van der Waals surface area contributed by atoms with Crippen molar-refractivity contribution in [2.45, 2.75) is 25.2 Å². The van der Waals surface area contributed by atoms with Crippen LogP contribution in [-0.2, 0) is 0 Å². The molecule has 0 radical (unpaired) electrons. The Hall–Kier alpha value is -4.08. The van der Waals surface area contributed by atoms with E-state index in [1.807, 2.05) is 55.6 Å². The number of carbonyl (C=O) groups is 2. The molecule has 1 saturated heterocycles. The molecule has 1 atom stereocenters. The van der Waals surface area contributed by atoms with Gasteiger partial charge < -0.3 is 29.0 Å². The van der Waals surface area contributed by atoms with Gasteiger partial charge in [-0.05, 0) is 80.9 Å². The van der Waals surface area contributed by atoms with E-state index in [1.165, 1.54) is 21.3 Å². The molecule has 0 spiro atoms. The molecule has 1 fully saturated rings. The van der Waals surface area contributed by atoms with Crippen molar-refractivity contribution in [3.05, 3.63) is 82.6 Å². The lowest BCUT2D eigenvalue weighted by Gasteiger charge is -2.33. The second-order valence-corrected chi connectivity index (χ2v) is 11.7. The van der Waals surface area contributed by atoms with Gasteiger partial charge in [-0.1, -0.05) is 35.9 Å². The van der Waals surface area contributed by atoms with Crippen molar-refractivity contribution in [1.29, 1.82) is 0 Å². The molecule has 9 nitrogen and oxygen atoms in total. The van der Waals surface area contributed by atoms with Gasteiger partial charge in [-0.15, -0.1) is 0 Å². The highest BCUT2D eigenvalue weighted by atomic mass is 35.5. The average molecular weight is 619 g/mol. The number of ether oxygens (including phenoxy) is 3. The molecule has 0 saturated carbocycles. The summed E-state index contributed by atoms with van der Waals surface area (Å²) in [4.78, 5) is 38.6. The Morgan fingerprint density at radius 1 is 1.00 bits per heavy atom. The fourth-order valence-electron chi connectivity index (χ4n) is 5.96. The number of fused-ring (bicyclic) bond motifs is 1. The summed E-state index contributed by atoms with van der Waals surface area (Å²) < 4.78 is 16.3. The van der Waals surface area contributed by atoms with E-state index in [9.17, 15) is 9.59 Å². The van der Waals surface area contributed by atoms with Gasteiger partial charge in [0.2, 0.25) is 11.5 Å². The molecule has 232 valence electrons. The zero-order valence-electron chi connectivity index (χ0n) is 25.6. The minimum Gasteiger partial charge on any atom is -0.493 e. The summed E-state index contributed by atoms with van der Waals surface area (Å²) in [5.74, 6) is 1.74. The van der Waals surface area contributed by atoms with E-state index in [1.54, 1.807) is 17.0 Å². The van der Waals surface area contributed by atoms with E-state index in [2.05, 4.69) is 14.9 Å². The summed E-state index contributed by atoms with van der Waals surface area (Å²) in [5.41, 5.74) is 3.27. The first-order chi connectivity index (χ1) is 21.3. The quantitative estimate of drug-likeness (QED) is 0.192. The van der Waals surface area contributed by atoms with Gasteiger partial charge in [-0.2, -0.15) is 0 Å². The number of methoxy groups -OCH3 is 3. The van der Waals surface area contributed by atoms with Gasteiger partial charge in [-0.25, -0.2) is 4.98 Å². The van der Waals surface area contributed by atoms with Crippen LogP contribution >= 0.6 is 11.6 Å². The number of imidazole rings is 1. The number of para-hydroxylation sites is 2. The van der Waals surface area contributed by atoms with E-state index in [4.69, 9.17) is 25.8 Å². The minimum absolute atomic E-state index is 0.0406. The first kappa shape index (κ1) is 31.3. The number of likely N-dealkylation sites (tertiary alicyclic amines) is 1. The highest BCUT2D eigenvalue weighted by Gasteiger charge is 2.29. The van der Waals surface area contributed by atoms with Gasteiger partial charge in [0, 0.05) is 36.0 Å². The summed E-state index contributed by atoms with van der Waals surface area (Å²) in [6.45, 7) is 3.04. The van der Waals surface area contributed by atoms with Crippen LogP contribution < -0.4 is 14.2 Å². The number of halogens is 1. The Morgan fingerprint density at radius 2 is 1.66 bits per heavy atom. The van der Waals surface area contributed by atoms with Crippen molar-refractivity contribution in [1.82, 2.24) is 19.8 Å². The summed E-state index contributed by atoms with van der Waals surface area (Å²) in [6, 6.07) is 18.9. The van der Waals surface area contributed by atoms with Crippen molar-refractivity contribution in [2.75, 3.05) is 54.6 Å². The molecular weight excluding hydrogens is 580 g/mol. The number of benzene rings is 3. The number of amides is 1. The molecule has 10 heteroatoms. The standard InChI is InChI=1S/C34H39ClN4O5/c1-38(34(41)25-19-29(42-2)32(44-4)30(20-25)43-3)21-24(22-9-11-26(35)12-10-22)15-18-39-16-13-23(14-17-39)31(40)33-36-27-7-5-6-8-28(27)37-33/h5-12,19-20,23-24H,13-18,21H2,1-4H3,(H,36,37). The van der Waals surface area contributed by atoms with Crippen molar-refractivity contribution in [2.24, 2.45) is 5.92 Å². The number of H-pyrrole nitrogens is 1. The predicted octanol–water partition coefficient (Wildman–Crippen LogP) is 6.08. The fraction of sp³-hybridized carbons (Fsp3) is 0.382. The molecule has 1 aromatic heterocycles. The molecule has 0 bridgehead atoms. The molecule has 1 unspecified atom stereocenters. The lowest BCUT2D eigenvalue weighted by molar-refractivity contribution is 0.0779. The summed E-state index contributed by atoms with van der Waals surface area (Å²) in [6.07, 6.45) is 2.43. The number of carbonyl (C=O) groups excluding carboxylic acids is 2. The van der Waals surface area contributed by atoms with E-state index in [0.717, 1.165) is 55.5 Å². The highest BCUT2D eigenvalue weighted by molar-refractivity contribution is 6.30. The maximum absolute atomic E-state index is 13.6. The number of hydrogen-bond donors (Lipinski definition) is 1. The number of rotatable bonds is 12. The largest absolute Gasteiger partial charge is 0.493 e. The monoisotopic (exact) mass is 618 g/mol. The molecule has 44 heavy (non-hydrogen) atoms. The number of nitrogens with one attached hydrogen (secondary N) is 1. The van der Waals surface area contributed by atoms with Crippen LogP contribution in [0.4, 0.5) is 0 Å². The molecule has 5 rings (SSSR count). The predicted molar refractivity (Wildman–Crippen MR) is 171 cm³/mol. The van der Waals surface area contributed by atoms with E-state index in [-0.39, 0.29) is 23.5 Å². The van der Waals surface area contributed by atoms with Crippen LogP contribution in [0.5, 0.6) is 17.2 Å². The third-order valence-electron chi connectivity index (χ3n) is 8.47. The van der Waals surface area contributed by atoms with Crippen molar-refractivity contribution < 1.29 is 23.8 Å². The normalized spacial score (nSPS) is 14.8. The Balaban J connectivity index is 1.23. The zero-order valence-corrected chi connectivity index (χ0v) is 26.4. The number of hydrogen-bond acceptors (Lipinski definition) is 7. The molecule has 2 heterocycles. The average Bonchev–Trinajstić information content (AvgIpc) is 3.50. The van der Waals surface area contributed by atoms with Crippen LogP contribution in [0.3, 0.4) is 0 Å². The van der Waals surface area contributed by atoms with Gasteiger partial charge >= 0.3 is 0 Å². The third kappa shape index (κ3) is 7.00. The smallest absolute Gasteiger partial charge is 0.253 e. The Morgan fingerprint density at radius 3 is 2.27 bits per heavy atom. The second-order valence-electron chi connectivity index (χ2n) is 11.2. The molecule has 1 aliphatic heterocycles. The summed E-state index contributed by atoms with van der Waals surface area (Å²) in [7, 11) is 6.41. The Labute approximate surface area is 263 Å². The summed E-state index contributed by atoms with van der Waals surface area (Å²) >= 11 is 6.20. The molecular formula is C34H39ClN4O5. The molecule has 1 amide bonds. The number of aromatic nitrogens is 2. The molecule has 3 aromatic carbocycles. The van der Waals surface area contributed by atoms with Gasteiger partial charge in [0.15, 0.2) is 17.3 Å². The number of Topliss-reactive ketones (excluding diaryl/α,β-unsaturated/α-hetero) is 1. The molecule has 4 aromatic rings. The van der Waals surface area contributed by atoms with Gasteiger partial charge in [0.1, 0.15) is 0 Å². The van der Waals surface area contributed by atoms with Gasteiger partial charge in [0.05, 0.1) is 32.4 Å². The maximum atomic E-state index is 13.6. The first-order valence-corrected chi connectivity index (χ1v) is 15.2. The Bertz CT molecular complexity index is 1540. The minimum atomic E-state index is -0.145. The Kier molecular flexibility index (Phi) is 10.1. The lowest BCUT2D eigenvalue weighted by Crippen LogP contribution is -2.38. The zero-order chi connectivity index (χ0) is 31.2. The number of aromatic amines is 1. The molecule has 1 aliphatic rings. The summed E-state index contributed by atoms with van der Waals surface area (Å²) in [5, 5.41) is 0.672. The van der Waals surface area contributed by atoms with Crippen molar-refractivity contribution in [3.63, 3.8) is 0 Å². The van der Waals surface area contributed by atoms with E-state index >= 15 is 0 Å².